The number of nitrogens with one attached hydrogen (secondary N) is 2. The fourth-order valence-corrected chi connectivity index (χ4v) is 1.69. The Kier molecular flexibility index (Phi) is 4.33. The third-order valence-corrected chi connectivity index (χ3v) is 3.08. The third-order valence-electron chi connectivity index (χ3n) is 3.08. The van der Waals surface area contributed by atoms with E-state index in [1.54, 1.807) is 7.11 Å². The number of rotatable bonds is 5. The summed E-state index contributed by atoms with van der Waals surface area (Å²) in [5.74, 6) is 0.0400. The lowest BCUT2D eigenvalue weighted by Crippen LogP contribution is -2.51. The second kappa shape index (κ2) is 5.15. The van der Waals surface area contributed by atoms with Gasteiger partial charge >= 0.3 is 0 Å². The van der Waals surface area contributed by atoms with E-state index < -0.39 is 0 Å². The Balaban J connectivity index is 2.20. The number of carbonyl (C=O) groups excluding carboxylic acids is 1. The van der Waals surface area contributed by atoms with Crippen LogP contribution < -0.4 is 10.6 Å². The van der Waals surface area contributed by atoms with E-state index in [2.05, 4.69) is 10.6 Å². The van der Waals surface area contributed by atoms with Crippen molar-refractivity contribution in [3.05, 3.63) is 0 Å². The van der Waals surface area contributed by atoms with Crippen LogP contribution in [-0.2, 0) is 9.53 Å². The van der Waals surface area contributed by atoms with Gasteiger partial charge in [0.15, 0.2) is 0 Å². The molecule has 1 aliphatic rings. The molecule has 0 bridgehead atoms. The maximum absolute atomic E-state index is 11.6. The Morgan fingerprint density at radius 2 is 2.00 bits per heavy atom. The van der Waals surface area contributed by atoms with Crippen molar-refractivity contribution < 1.29 is 9.53 Å². The Morgan fingerprint density at radius 3 is 2.38 bits per heavy atom. The third kappa shape index (κ3) is 4.10. The number of carbonyl (C=O) groups is 1. The minimum atomic E-state index is -0.0859. The first kappa shape index (κ1) is 13.5. The zero-order valence-corrected chi connectivity index (χ0v) is 10.9. The van der Waals surface area contributed by atoms with E-state index in [1.807, 2.05) is 20.8 Å². The van der Waals surface area contributed by atoms with Gasteiger partial charge in [-0.1, -0.05) is 0 Å². The van der Waals surface area contributed by atoms with Gasteiger partial charge in [0.2, 0.25) is 5.91 Å². The topological polar surface area (TPSA) is 50.4 Å². The van der Waals surface area contributed by atoms with Crippen LogP contribution >= 0.6 is 0 Å². The molecule has 1 saturated carbocycles. The molecule has 0 atom stereocenters. The van der Waals surface area contributed by atoms with E-state index in [4.69, 9.17) is 4.74 Å². The van der Waals surface area contributed by atoms with Gasteiger partial charge in [-0.3, -0.25) is 4.79 Å². The quantitative estimate of drug-likeness (QED) is 0.740. The standard InChI is InChI=1S/C12H24N2O2/c1-11(2,3)14-8-10(15)13-9-12(16-4)6-5-7-12/h14H,5-9H2,1-4H3,(H,13,15). The molecule has 16 heavy (non-hydrogen) atoms. The van der Waals surface area contributed by atoms with E-state index in [0.29, 0.717) is 13.1 Å². The minimum Gasteiger partial charge on any atom is -0.376 e. The number of methoxy groups -OCH3 is 1. The summed E-state index contributed by atoms with van der Waals surface area (Å²) in [6.45, 7) is 7.13. The first-order chi connectivity index (χ1) is 7.37. The summed E-state index contributed by atoms with van der Waals surface area (Å²) in [6, 6.07) is 0. The molecule has 1 amide bonds. The van der Waals surface area contributed by atoms with Crippen LogP contribution in [0.1, 0.15) is 40.0 Å². The van der Waals surface area contributed by atoms with Crippen molar-refractivity contribution in [2.75, 3.05) is 20.2 Å². The summed E-state index contributed by atoms with van der Waals surface area (Å²) in [5.41, 5.74) is -0.107. The molecule has 0 spiro atoms. The molecule has 0 radical (unpaired) electrons. The van der Waals surface area contributed by atoms with Crippen molar-refractivity contribution in [3.8, 4) is 0 Å². The van der Waals surface area contributed by atoms with Gasteiger partial charge in [-0.05, 0) is 40.0 Å². The number of ether oxygens (including phenoxy) is 1. The predicted molar refractivity (Wildman–Crippen MR) is 64.4 cm³/mol. The largest absolute Gasteiger partial charge is 0.376 e. The molecule has 94 valence electrons. The molecule has 0 aliphatic heterocycles. The van der Waals surface area contributed by atoms with Gasteiger partial charge in [-0.15, -0.1) is 0 Å². The molecule has 2 N–H and O–H groups in total. The van der Waals surface area contributed by atoms with E-state index >= 15 is 0 Å². The average molecular weight is 228 g/mol. The van der Waals surface area contributed by atoms with Crippen molar-refractivity contribution in [1.29, 1.82) is 0 Å². The zero-order valence-electron chi connectivity index (χ0n) is 10.9. The second-order valence-electron chi connectivity index (χ2n) is 5.62. The molecule has 0 saturated heterocycles. The van der Waals surface area contributed by atoms with Crippen LogP contribution in [0.4, 0.5) is 0 Å². The van der Waals surface area contributed by atoms with Gasteiger partial charge < -0.3 is 15.4 Å². The second-order valence-corrected chi connectivity index (χ2v) is 5.62. The van der Waals surface area contributed by atoms with Crippen LogP contribution in [0.5, 0.6) is 0 Å². The molecule has 4 nitrogen and oxygen atoms in total. The van der Waals surface area contributed by atoms with Gasteiger partial charge in [0.05, 0.1) is 12.1 Å². The molecular weight excluding hydrogens is 204 g/mol. The number of hydrogen-bond donors (Lipinski definition) is 2. The van der Waals surface area contributed by atoms with Crippen molar-refractivity contribution in [3.63, 3.8) is 0 Å². The molecule has 1 fully saturated rings. The Bertz CT molecular complexity index is 236. The fraction of sp³-hybridized carbons (Fsp3) is 0.917. The van der Waals surface area contributed by atoms with Crippen molar-refractivity contribution >= 4 is 5.91 Å². The van der Waals surface area contributed by atoms with Gasteiger partial charge in [0.25, 0.3) is 0 Å². The van der Waals surface area contributed by atoms with Gasteiger partial charge in [0.1, 0.15) is 0 Å². The van der Waals surface area contributed by atoms with Crippen LogP contribution in [0.3, 0.4) is 0 Å². The lowest BCUT2D eigenvalue weighted by molar-refractivity contribution is -0.124. The summed E-state index contributed by atoms with van der Waals surface area (Å²) in [6.07, 6.45) is 3.30. The molecular formula is C12H24N2O2. The monoisotopic (exact) mass is 228 g/mol. The Morgan fingerprint density at radius 1 is 1.38 bits per heavy atom. The average Bonchev–Trinajstić information content (AvgIpc) is 2.13. The highest BCUT2D eigenvalue weighted by Crippen LogP contribution is 2.34. The van der Waals surface area contributed by atoms with Crippen LogP contribution in [0.25, 0.3) is 0 Å². The predicted octanol–water partition coefficient (Wildman–Crippen LogP) is 1.06. The summed E-state index contributed by atoms with van der Waals surface area (Å²) in [5, 5.41) is 6.08. The first-order valence-corrected chi connectivity index (χ1v) is 5.94. The minimum absolute atomic E-state index is 0.0211. The first-order valence-electron chi connectivity index (χ1n) is 5.94. The Labute approximate surface area is 98.1 Å². The smallest absolute Gasteiger partial charge is 0.234 e. The van der Waals surface area contributed by atoms with Crippen LogP contribution in [-0.4, -0.2) is 37.2 Å². The molecule has 0 unspecified atom stereocenters. The van der Waals surface area contributed by atoms with Crippen LogP contribution in [0.15, 0.2) is 0 Å². The lowest BCUT2D eigenvalue weighted by Gasteiger charge is -2.40. The summed E-state index contributed by atoms with van der Waals surface area (Å²) in [4.78, 5) is 11.6. The molecule has 0 heterocycles. The SMILES string of the molecule is COC1(CNC(=O)CNC(C)(C)C)CCC1. The zero-order chi connectivity index (χ0) is 12.2. The molecule has 0 aromatic carbocycles. The number of hydrogen-bond acceptors (Lipinski definition) is 3. The van der Waals surface area contributed by atoms with Gasteiger partial charge in [0, 0.05) is 19.2 Å². The van der Waals surface area contributed by atoms with Crippen LogP contribution in [0.2, 0.25) is 0 Å². The maximum atomic E-state index is 11.6. The molecule has 1 aliphatic carbocycles. The molecule has 0 aromatic rings. The highest BCUT2D eigenvalue weighted by molar-refractivity contribution is 5.78. The Hall–Kier alpha value is -0.610. The molecule has 4 heteroatoms. The van der Waals surface area contributed by atoms with E-state index in [9.17, 15) is 4.79 Å². The molecule has 0 aromatic heterocycles. The maximum Gasteiger partial charge on any atom is 0.234 e. The van der Waals surface area contributed by atoms with E-state index in [-0.39, 0.29) is 17.0 Å². The van der Waals surface area contributed by atoms with Crippen molar-refractivity contribution in [1.82, 2.24) is 10.6 Å². The van der Waals surface area contributed by atoms with Crippen molar-refractivity contribution in [2.45, 2.75) is 51.2 Å². The lowest BCUT2D eigenvalue weighted by atomic mass is 9.80. The number of amides is 1. The summed E-state index contributed by atoms with van der Waals surface area (Å²) < 4.78 is 5.43. The normalized spacial score (nSPS) is 19.0. The summed E-state index contributed by atoms with van der Waals surface area (Å²) >= 11 is 0. The van der Waals surface area contributed by atoms with Crippen molar-refractivity contribution in [2.24, 2.45) is 0 Å². The fourth-order valence-electron chi connectivity index (χ4n) is 1.69. The van der Waals surface area contributed by atoms with Crippen LogP contribution in [0, 0.1) is 0 Å². The highest BCUT2D eigenvalue weighted by atomic mass is 16.5. The highest BCUT2D eigenvalue weighted by Gasteiger charge is 2.37. The van der Waals surface area contributed by atoms with Gasteiger partial charge in [-0.2, -0.15) is 0 Å². The molecule has 1 rings (SSSR count). The summed E-state index contributed by atoms with van der Waals surface area (Å²) in [7, 11) is 1.72. The van der Waals surface area contributed by atoms with E-state index in [1.165, 1.54) is 6.42 Å². The van der Waals surface area contributed by atoms with E-state index in [0.717, 1.165) is 12.8 Å². The van der Waals surface area contributed by atoms with Gasteiger partial charge in [-0.25, -0.2) is 0 Å².